The molecule has 88 valence electrons. The number of halogens is 1. The van der Waals surface area contributed by atoms with Crippen molar-refractivity contribution in [3.05, 3.63) is 34.9 Å². The van der Waals surface area contributed by atoms with Crippen LogP contribution in [0.1, 0.15) is 24.4 Å². The van der Waals surface area contributed by atoms with E-state index in [1.807, 2.05) is 23.1 Å². The molecular formula is C13H13ClN2O. The van der Waals surface area contributed by atoms with Crippen molar-refractivity contribution < 1.29 is 4.79 Å². The smallest absolute Gasteiger partial charge is 0.135 e. The fraction of sp³-hybridized carbons (Fsp3) is 0.385. The van der Waals surface area contributed by atoms with Gasteiger partial charge < -0.3 is 0 Å². The normalized spacial score (nSPS) is 18.7. The fourth-order valence-electron chi connectivity index (χ4n) is 2.08. The largest absolute Gasteiger partial charge is 0.300 e. The van der Waals surface area contributed by atoms with Crippen LogP contribution in [0.2, 0.25) is 5.02 Å². The molecule has 1 heterocycles. The molecule has 1 aromatic carbocycles. The average molecular weight is 249 g/mol. The van der Waals surface area contributed by atoms with Gasteiger partial charge >= 0.3 is 0 Å². The van der Waals surface area contributed by atoms with Crippen molar-refractivity contribution in [1.82, 2.24) is 4.90 Å². The Bertz CT molecular complexity index is 457. The Morgan fingerprint density at radius 3 is 2.53 bits per heavy atom. The Kier molecular flexibility index (Phi) is 3.78. The lowest BCUT2D eigenvalue weighted by Gasteiger charge is -2.30. The number of carbonyl (C=O) groups is 1. The standard InChI is InChI=1S/C13H13ClN2O/c14-12-4-2-1-3-11(12)13(9-15)16-7-5-10(17)6-8-16/h1-4,13H,5-8H2/t13-/m0/s1. The Morgan fingerprint density at radius 2 is 1.94 bits per heavy atom. The second-order valence-electron chi connectivity index (χ2n) is 4.13. The van der Waals surface area contributed by atoms with Crippen LogP contribution in [0.4, 0.5) is 0 Å². The summed E-state index contributed by atoms with van der Waals surface area (Å²) >= 11 is 6.10. The molecule has 1 aliphatic heterocycles. The highest BCUT2D eigenvalue weighted by Gasteiger charge is 2.25. The molecule has 17 heavy (non-hydrogen) atoms. The second-order valence-corrected chi connectivity index (χ2v) is 4.53. The summed E-state index contributed by atoms with van der Waals surface area (Å²) in [6, 6.07) is 9.30. The quantitative estimate of drug-likeness (QED) is 0.808. The number of benzene rings is 1. The number of hydrogen-bond donors (Lipinski definition) is 0. The van der Waals surface area contributed by atoms with Crippen LogP contribution in [-0.4, -0.2) is 23.8 Å². The number of piperidine rings is 1. The Hall–Kier alpha value is -1.37. The number of carbonyl (C=O) groups excluding carboxylic acids is 1. The second kappa shape index (κ2) is 5.31. The summed E-state index contributed by atoms with van der Waals surface area (Å²) in [5.74, 6) is 0.275. The van der Waals surface area contributed by atoms with Gasteiger partial charge in [0.25, 0.3) is 0 Å². The third kappa shape index (κ3) is 2.66. The molecule has 0 radical (unpaired) electrons. The van der Waals surface area contributed by atoms with Gasteiger partial charge in [-0.05, 0) is 6.07 Å². The molecule has 0 aromatic heterocycles. The maximum absolute atomic E-state index is 11.2. The molecule has 1 saturated heterocycles. The molecule has 2 rings (SSSR count). The molecule has 1 fully saturated rings. The number of nitrogens with zero attached hydrogens (tertiary/aromatic N) is 2. The van der Waals surface area contributed by atoms with E-state index >= 15 is 0 Å². The Balaban J connectivity index is 2.20. The van der Waals surface area contributed by atoms with Crippen LogP contribution in [-0.2, 0) is 4.79 Å². The molecule has 0 N–H and O–H groups in total. The molecule has 0 saturated carbocycles. The predicted molar refractivity (Wildman–Crippen MR) is 65.6 cm³/mol. The first-order valence-electron chi connectivity index (χ1n) is 5.62. The number of hydrogen-bond acceptors (Lipinski definition) is 3. The highest BCUT2D eigenvalue weighted by atomic mass is 35.5. The van der Waals surface area contributed by atoms with Gasteiger partial charge in [0.2, 0.25) is 0 Å². The van der Waals surface area contributed by atoms with Gasteiger partial charge in [-0.25, -0.2) is 0 Å². The molecule has 4 heteroatoms. The van der Waals surface area contributed by atoms with Gasteiger partial charge in [-0.2, -0.15) is 5.26 Å². The van der Waals surface area contributed by atoms with Gasteiger partial charge in [0.15, 0.2) is 0 Å². The predicted octanol–water partition coefficient (Wildman–Crippen LogP) is 2.57. The maximum atomic E-state index is 11.2. The minimum Gasteiger partial charge on any atom is -0.300 e. The van der Waals surface area contributed by atoms with Gasteiger partial charge in [0.1, 0.15) is 11.8 Å². The minimum atomic E-state index is -0.350. The average Bonchev–Trinajstić information content (AvgIpc) is 2.35. The summed E-state index contributed by atoms with van der Waals surface area (Å²) in [5, 5.41) is 9.89. The molecule has 1 atom stereocenters. The molecule has 0 amide bonds. The molecule has 1 aliphatic rings. The van der Waals surface area contributed by atoms with Gasteiger partial charge in [-0.15, -0.1) is 0 Å². The third-order valence-corrected chi connectivity index (χ3v) is 3.39. The highest BCUT2D eigenvalue weighted by Crippen LogP contribution is 2.28. The van der Waals surface area contributed by atoms with Gasteiger partial charge in [0, 0.05) is 36.5 Å². The van der Waals surface area contributed by atoms with E-state index < -0.39 is 0 Å². The summed E-state index contributed by atoms with van der Waals surface area (Å²) in [4.78, 5) is 13.2. The number of rotatable bonds is 2. The van der Waals surface area contributed by atoms with E-state index in [4.69, 9.17) is 11.6 Å². The van der Waals surface area contributed by atoms with Crippen LogP contribution < -0.4 is 0 Å². The molecule has 3 nitrogen and oxygen atoms in total. The van der Waals surface area contributed by atoms with E-state index in [0.29, 0.717) is 31.0 Å². The van der Waals surface area contributed by atoms with Crippen LogP contribution in [0.25, 0.3) is 0 Å². The van der Waals surface area contributed by atoms with Crippen LogP contribution in [0.15, 0.2) is 24.3 Å². The number of ketones is 1. The minimum absolute atomic E-state index is 0.275. The molecular weight excluding hydrogens is 236 g/mol. The van der Waals surface area contributed by atoms with Crippen LogP contribution >= 0.6 is 11.6 Å². The topological polar surface area (TPSA) is 44.1 Å². The first-order chi connectivity index (χ1) is 8.22. The first kappa shape index (κ1) is 12.1. The van der Waals surface area contributed by atoms with Crippen molar-refractivity contribution in [1.29, 1.82) is 5.26 Å². The van der Waals surface area contributed by atoms with E-state index in [-0.39, 0.29) is 11.8 Å². The Morgan fingerprint density at radius 1 is 1.29 bits per heavy atom. The van der Waals surface area contributed by atoms with E-state index in [9.17, 15) is 10.1 Å². The SMILES string of the molecule is N#C[C@@H](c1ccccc1Cl)N1CCC(=O)CC1. The molecule has 0 unspecified atom stereocenters. The summed E-state index contributed by atoms with van der Waals surface area (Å²) in [5.41, 5.74) is 0.825. The molecule has 0 spiro atoms. The fourth-order valence-corrected chi connectivity index (χ4v) is 2.32. The number of Topliss-reactive ketones (excluding diaryl/α,β-unsaturated/α-hetero) is 1. The zero-order chi connectivity index (χ0) is 12.3. The third-order valence-electron chi connectivity index (χ3n) is 3.04. The van der Waals surface area contributed by atoms with E-state index in [1.165, 1.54) is 0 Å². The van der Waals surface area contributed by atoms with Crippen molar-refractivity contribution in [2.75, 3.05) is 13.1 Å². The summed E-state index contributed by atoms with van der Waals surface area (Å²) in [6.45, 7) is 1.28. The summed E-state index contributed by atoms with van der Waals surface area (Å²) < 4.78 is 0. The lowest BCUT2D eigenvalue weighted by atomic mass is 10.0. The van der Waals surface area contributed by atoms with Crippen molar-refractivity contribution in [3.8, 4) is 6.07 Å². The maximum Gasteiger partial charge on any atom is 0.135 e. The van der Waals surface area contributed by atoms with Gasteiger partial charge in [0.05, 0.1) is 6.07 Å². The van der Waals surface area contributed by atoms with Gasteiger partial charge in [-0.1, -0.05) is 29.8 Å². The number of nitriles is 1. The van der Waals surface area contributed by atoms with E-state index in [0.717, 1.165) is 5.56 Å². The highest BCUT2D eigenvalue weighted by molar-refractivity contribution is 6.31. The van der Waals surface area contributed by atoms with Crippen molar-refractivity contribution in [3.63, 3.8) is 0 Å². The van der Waals surface area contributed by atoms with E-state index in [2.05, 4.69) is 6.07 Å². The van der Waals surface area contributed by atoms with Crippen LogP contribution in [0.5, 0.6) is 0 Å². The van der Waals surface area contributed by atoms with Crippen LogP contribution in [0, 0.1) is 11.3 Å². The zero-order valence-electron chi connectivity index (χ0n) is 9.40. The van der Waals surface area contributed by atoms with Crippen molar-refractivity contribution >= 4 is 17.4 Å². The monoisotopic (exact) mass is 248 g/mol. The summed E-state index contributed by atoms with van der Waals surface area (Å²) in [6.07, 6.45) is 1.06. The summed E-state index contributed by atoms with van der Waals surface area (Å²) in [7, 11) is 0. The van der Waals surface area contributed by atoms with Crippen molar-refractivity contribution in [2.24, 2.45) is 0 Å². The van der Waals surface area contributed by atoms with Crippen molar-refractivity contribution in [2.45, 2.75) is 18.9 Å². The lowest BCUT2D eigenvalue weighted by Crippen LogP contribution is -2.36. The van der Waals surface area contributed by atoms with E-state index in [1.54, 1.807) is 6.07 Å². The Labute approximate surface area is 106 Å². The molecule has 0 bridgehead atoms. The molecule has 1 aromatic rings. The molecule has 0 aliphatic carbocycles. The van der Waals surface area contributed by atoms with Gasteiger partial charge in [-0.3, -0.25) is 9.69 Å². The lowest BCUT2D eigenvalue weighted by molar-refractivity contribution is -0.121. The zero-order valence-corrected chi connectivity index (χ0v) is 10.2. The number of likely N-dealkylation sites (tertiary alicyclic amines) is 1. The first-order valence-corrected chi connectivity index (χ1v) is 6.00. The van der Waals surface area contributed by atoms with Crippen LogP contribution in [0.3, 0.4) is 0 Å².